The molecule has 0 atom stereocenters. The zero-order valence-electron chi connectivity index (χ0n) is 20.6. The summed E-state index contributed by atoms with van der Waals surface area (Å²) < 4.78 is 7.31. The summed E-state index contributed by atoms with van der Waals surface area (Å²) in [5.74, 6) is 2.13. The molecule has 4 aromatic rings. The largest absolute Gasteiger partial charge is 0.494 e. The minimum absolute atomic E-state index is 0.0833. The number of aromatic nitrogens is 7. The lowest BCUT2D eigenvalue weighted by atomic mass is 10.1. The van der Waals surface area contributed by atoms with Crippen LogP contribution < -0.4 is 26.2 Å². The number of nitrogens with one attached hydrogen (secondary N) is 4. The zero-order valence-corrected chi connectivity index (χ0v) is 20.6. The predicted molar refractivity (Wildman–Crippen MR) is 134 cm³/mol. The van der Waals surface area contributed by atoms with Crippen LogP contribution >= 0.6 is 0 Å². The molecule has 0 aliphatic carbocycles. The van der Waals surface area contributed by atoms with Crippen LogP contribution in [0.15, 0.2) is 36.7 Å². The van der Waals surface area contributed by atoms with Gasteiger partial charge in [-0.2, -0.15) is 5.10 Å². The standard InChI is InChI=1S/C23H27N11O2/c1-6-25-32-23(35)20-17(11-19(30-31-20)29-18-10-13(2)26-14(3)27-18)28-16-9-7-8-15(21(16)36-5)22-24-12-34(4)33-22/h7-12,25H,6H2,1-5H3,(H,32,35)(H2,26,27,28,29,30). The maximum absolute atomic E-state index is 12.8. The van der Waals surface area contributed by atoms with Gasteiger partial charge in [0.2, 0.25) is 0 Å². The summed E-state index contributed by atoms with van der Waals surface area (Å²) in [5, 5.41) is 19.1. The van der Waals surface area contributed by atoms with Gasteiger partial charge in [-0.15, -0.1) is 10.2 Å². The first-order chi connectivity index (χ1) is 17.4. The molecule has 0 radical (unpaired) electrons. The van der Waals surface area contributed by atoms with Crippen molar-refractivity contribution in [3.05, 3.63) is 53.9 Å². The minimum atomic E-state index is -0.450. The number of rotatable bonds is 9. The van der Waals surface area contributed by atoms with Crippen LogP contribution in [-0.2, 0) is 7.05 Å². The van der Waals surface area contributed by atoms with Crippen molar-refractivity contribution >= 4 is 28.9 Å². The Bertz CT molecular complexity index is 1370. The lowest BCUT2D eigenvalue weighted by Crippen LogP contribution is -2.38. The van der Waals surface area contributed by atoms with Crippen LogP contribution in [0, 0.1) is 13.8 Å². The number of para-hydroxylation sites is 1. The zero-order chi connectivity index (χ0) is 25.7. The number of carbonyl (C=O) groups is 1. The Kier molecular flexibility index (Phi) is 7.30. The van der Waals surface area contributed by atoms with Gasteiger partial charge in [0.15, 0.2) is 23.1 Å². The monoisotopic (exact) mass is 489 g/mol. The van der Waals surface area contributed by atoms with Gasteiger partial charge in [-0.3, -0.25) is 14.9 Å². The van der Waals surface area contributed by atoms with Crippen LogP contribution in [0.4, 0.5) is 23.0 Å². The number of aryl methyl sites for hydroxylation is 3. The van der Waals surface area contributed by atoms with Crippen molar-refractivity contribution in [1.29, 1.82) is 0 Å². The van der Waals surface area contributed by atoms with E-state index in [-0.39, 0.29) is 5.69 Å². The Morgan fingerprint density at radius 3 is 2.58 bits per heavy atom. The first kappa shape index (κ1) is 24.5. The van der Waals surface area contributed by atoms with Gasteiger partial charge in [0.1, 0.15) is 18.0 Å². The highest BCUT2D eigenvalue weighted by Gasteiger charge is 2.19. The fourth-order valence-electron chi connectivity index (χ4n) is 3.50. The quantitative estimate of drug-likeness (QED) is 0.256. The number of carbonyl (C=O) groups excluding carboxylic acids is 1. The normalized spacial score (nSPS) is 10.7. The summed E-state index contributed by atoms with van der Waals surface area (Å²) in [7, 11) is 3.35. The van der Waals surface area contributed by atoms with E-state index in [1.165, 1.54) is 0 Å². The third kappa shape index (κ3) is 5.52. The van der Waals surface area contributed by atoms with Crippen molar-refractivity contribution in [2.75, 3.05) is 24.3 Å². The van der Waals surface area contributed by atoms with Crippen molar-refractivity contribution in [2.45, 2.75) is 20.8 Å². The minimum Gasteiger partial charge on any atom is -0.494 e. The predicted octanol–water partition coefficient (Wildman–Crippen LogP) is 2.43. The summed E-state index contributed by atoms with van der Waals surface area (Å²) in [5.41, 5.74) is 7.96. The van der Waals surface area contributed by atoms with Gasteiger partial charge in [-0.25, -0.2) is 20.4 Å². The summed E-state index contributed by atoms with van der Waals surface area (Å²) in [4.78, 5) is 25.8. The first-order valence-corrected chi connectivity index (χ1v) is 11.2. The van der Waals surface area contributed by atoms with Gasteiger partial charge in [-0.1, -0.05) is 13.0 Å². The second-order valence-electron chi connectivity index (χ2n) is 7.80. The molecule has 0 saturated carbocycles. The van der Waals surface area contributed by atoms with Crippen molar-refractivity contribution in [3.8, 4) is 17.1 Å². The highest BCUT2D eigenvalue weighted by atomic mass is 16.5. The number of hydrazine groups is 1. The van der Waals surface area contributed by atoms with Gasteiger partial charge in [0, 0.05) is 31.4 Å². The van der Waals surface area contributed by atoms with Gasteiger partial charge >= 0.3 is 0 Å². The maximum atomic E-state index is 12.8. The molecule has 13 heteroatoms. The number of benzene rings is 1. The lowest BCUT2D eigenvalue weighted by Gasteiger charge is -2.16. The molecule has 1 amide bonds. The molecule has 3 heterocycles. The molecule has 0 saturated heterocycles. The van der Waals surface area contributed by atoms with Gasteiger partial charge in [0.05, 0.1) is 24.0 Å². The number of ether oxygens (including phenoxy) is 1. The number of hydrogen-bond acceptors (Lipinski definition) is 11. The molecule has 0 bridgehead atoms. The van der Waals surface area contributed by atoms with Crippen LogP contribution in [0.1, 0.15) is 28.9 Å². The van der Waals surface area contributed by atoms with Crippen LogP contribution in [0.3, 0.4) is 0 Å². The lowest BCUT2D eigenvalue weighted by molar-refractivity contribution is 0.0929. The van der Waals surface area contributed by atoms with E-state index in [0.29, 0.717) is 52.5 Å². The fraction of sp³-hybridized carbons (Fsp3) is 0.261. The second-order valence-corrected chi connectivity index (χ2v) is 7.80. The van der Waals surface area contributed by atoms with Crippen molar-refractivity contribution < 1.29 is 9.53 Å². The number of methoxy groups -OCH3 is 1. The molecule has 186 valence electrons. The summed E-state index contributed by atoms with van der Waals surface area (Å²) in [6.45, 7) is 6.09. The molecule has 0 spiro atoms. The molecular formula is C23H27N11O2. The Balaban J connectivity index is 1.73. The molecule has 0 unspecified atom stereocenters. The number of nitrogens with zero attached hydrogens (tertiary/aromatic N) is 7. The second kappa shape index (κ2) is 10.7. The Hall–Kier alpha value is -4.65. The van der Waals surface area contributed by atoms with E-state index in [1.807, 2.05) is 32.0 Å². The molecule has 0 aliphatic heterocycles. The molecule has 3 aromatic heterocycles. The van der Waals surface area contributed by atoms with Crippen molar-refractivity contribution in [2.24, 2.45) is 7.05 Å². The van der Waals surface area contributed by atoms with E-state index in [4.69, 9.17) is 4.74 Å². The highest BCUT2D eigenvalue weighted by Crippen LogP contribution is 2.37. The Morgan fingerprint density at radius 1 is 1.06 bits per heavy atom. The summed E-state index contributed by atoms with van der Waals surface area (Å²) >= 11 is 0. The van der Waals surface area contributed by atoms with Crippen LogP contribution in [0.5, 0.6) is 5.75 Å². The van der Waals surface area contributed by atoms with Gasteiger partial charge in [-0.05, 0) is 26.0 Å². The molecule has 0 aliphatic rings. The molecule has 1 aromatic carbocycles. The van der Waals surface area contributed by atoms with E-state index < -0.39 is 5.91 Å². The summed E-state index contributed by atoms with van der Waals surface area (Å²) in [6, 6.07) is 8.98. The number of hydrogen-bond donors (Lipinski definition) is 4. The van der Waals surface area contributed by atoms with E-state index in [1.54, 1.807) is 44.2 Å². The highest BCUT2D eigenvalue weighted by molar-refractivity contribution is 5.98. The molecule has 0 fully saturated rings. The third-order valence-electron chi connectivity index (χ3n) is 4.94. The van der Waals surface area contributed by atoms with Crippen LogP contribution in [0.2, 0.25) is 0 Å². The molecule has 36 heavy (non-hydrogen) atoms. The third-order valence-corrected chi connectivity index (χ3v) is 4.94. The van der Waals surface area contributed by atoms with Crippen LogP contribution in [0.25, 0.3) is 11.4 Å². The SMILES string of the molecule is CCNNC(=O)c1nnc(Nc2cc(C)nc(C)n2)cc1Nc1cccc(-c2ncn(C)n2)c1OC. The van der Waals surface area contributed by atoms with Crippen molar-refractivity contribution in [1.82, 2.24) is 45.8 Å². The van der Waals surface area contributed by atoms with Gasteiger partial charge < -0.3 is 15.4 Å². The molecular weight excluding hydrogens is 462 g/mol. The van der Waals surface area contributed by atoms with Gasteiger partial charge in [0.25, 0.3) is 5.91 Å². The fourth-order valence-corrected chi connectivity index (χ4v) is 3.50. The molecule has 4 N–H and O–H groups in total. The van der Waals surface area contributed by atoms with E-state index in [2.05, 4.69) is 51.7 Å². The Labute approximate surface area is 207 Å². The Morgan fingerprint density at radius 2 is 1.89 bits per heavy atom. The molecule has 13 nitrogen and oxygen atoms in total. The smallest absolute Gasteiger partial charge is 0.288 e. The van der Waals surface area contributed by atoms with E-state index in [9.17, 15) is 4.79 Å². The van der Waals surface area contributed by atoms with Crippen LogP contribution in [-0.4, -0.2) is 54.5 Å². The maximum Gasteiger partial charge on any atom is 0.288 e. The average Bonchev–Trinajstić information content (AvgIpc) is 3.28. The first-order valence-electron chi connectivity index (χ1n) is 11.2. The number of amides is 1. The number of anilines is 4. The average molecular weight is 490 g/mol. The van der Waals surface area contributed by atoms with E-state index >= 15 is 0 Å². The summed E-state index contributed by atoms with van der Waals surface area (Å²) in [6.07, 6.45) is 1.61. The van der Waals surface area contributed by atoms with E-state index in [0.717, 1.165) is 5.69 Å². The van der Waals surface area contributed by atoms with Crippen molar-refractivity contribution in [3.63, 3.8) is 0 Å². The topological polar surface area (TPSA) is 157 Å². The molecule has 4 rings (SSSR count).